The molecule has 0 bridgehead atoms. The van der Waals surface area contributed by atoms with Crippen molar-refractivity contribution in [2.24, 2.45) is 0 Å². The molecule has 3 rings (SSSR count). The second kappa shape index (κ2) is 5.95. The van der Waals surface area contributed by atoms with Crippen molar-refractivity contribution in [2.75, 3.05) is 4.31 Å². The maximum atomic E-state index is 13.4. The van der Waals surface area contributed by atoms with Crippen LogP contribution in [0.4, 0.5) is 5.69 Å². The van der Waals surface area contributed by atoms with E-state index in [0.717, 1.165) is 11.1 Å². The summed E-state index contributed by atoms with van der Waals surface area (Å²) in [5.41, 5.74) is 1.96. The molecule has 0 N–H and O–H groups in total. The summed E-state index contributed by atoms with van der Waals surface area (Å²) in [5.74, 6) is 0. The predicted molar refractivity (Wildman–Crippen MR) is 94.2 cm³/mol. The third kappa shape index (κ3) is 2.47. The Labute approximate surface area is 143 Å². The van der Waals surface area contributed by atoms with Gasteiger partial charge in [-0.25, -0.2) is 8.42 Å². The molecule has 1 heterocycles. The molecule has 2 aromatic carbocycles. The monoisotopic (exact) mass is 340 g/mol. The first-order chi connectivity index (χ1) is 11.4. The topological polar surface area (TPSA) is 61.2 Å². The number of nitriles is 1. The fraction of sp³-hybridized carbons (Fsp3) is 0.316. The van der Waals surface area contributed by atoms with Gasteiger partial charge in [-0.3, -0.25) is 4.31 Å². The summed E-state index contributed by atoms with van der Waals surface area (Å²) in [6.45, 7) is 3.87. The van der Waals surface area contributed by atoms with Gasteiger partial charge in [-0.2, -0.15) is 5.26 Å². The average Bonchev–Trinajstić information content (AvgIpc) is 2.90. The summed E-state index contributed by atoms with van der Waals surface area (Å²) in [7, 11) is -3.73. The van der Waals surface area contributed by atoms with Crippen molar-refractivity contribution in [2.45, 2.75) is 43.5 Å². The Morgan fingerprint density at radius 1 is 1.17 bits per heavy atom. The lowest BCUT2D eigenvalue weighted by Crippen LogP contribution is -2.49. The van der Waals surface area contributed by atoms with E-state index in [-0.39, 0.29) is 11.3 Å². The van der Waals surface area contributed by atoms with E-state index in [1.54, 1.807) is 24.3 Å². The second-order valence-corrected chi connectivity index (χ2v) is 8.09. The molecule has 0 radical (unpaired) electrons. The zero-order valence-corrected chi connectivity index (χ0v) is 14.7. The van der Waals surface area contributed by atoms with Crippen molar-refractivity contribution < 1.29 is 8.42 Å². The Morgan fingerprint density at radius 2 is 1.83 bits per heavy atom. The Morgan fingerprint density at radius 3 is 2.46 bits per heavy atom. The molecule has 124 valence electrons. The number of sulfonamides is 1. The van der Waals surface area contributed by atoms with Crippen LogP contribution < -0.4 is 4.31 Å². The maximum Gasteiger partial charge on any atom is 0.264 e. The first-order valence-electron chi connectivity index (χ1n) is 8.01. The molecule has 1 unspecified atom stereocenters. The highest BCUT2D eigenvalue weighted by atomic mass is 32.2. The summed E-state index contributed by atoms with van der Waals surface area (Å²) >= 11 is 0. The summed E-state index contributed by atoms with van der Waals surface area (Å²) in [5, 5.41) is 9.32. The first kappa shape index (κ1) is 16.5. The number of para-hydroxylation sites is 1. The van der Waals surface area contributed by atoms with E-state index in [1.807, 2.05) is 38.1 Å². The van der Waals surface area contributed by atoms with E-state index in [2.05, 4.69) is 6.07 Å². The van der Waals surface area contributed by atoms with Crippen molar-refractivity contribution in [3.05, 3.63) is 59.7 Å². The summed E-state index contributed by atoms with van der Waals surface area (Å²) < 4.78 is 28.2. The molecule has 0 saturated carbocycles. The number of fused-ring (bicyclic) bond motifs is 1. The second-order valence-electron chi connectivity index (χ2n) is 6.30. The van der Waals surface area contributed by atoms with E-state index in [9.17, 15) is 13.7 Å². The third-order valence-corrected chi connectivity index (χ3v) is 6.72. The molecule has 1 atom stereocenters. The molecule has 1 aliphatic heterocycles. The molecule has 0 aliphatic carbocycles. The minimum absolute atomic E-state index is 0.170. The normalized spacial score (nSPS) is 19.8. The van der Waals surface area contributed by atoms with Gasteiger partial charge in [-0.1, -0.05) is 42.8 Å². The molecule has 1 aliphatic rings. The number of hydrogen-bond acceptors (Lipinski definition) is 3. The van der Waals surface area contributed by atoms with Crippen LogP contribution in [0.3, 0.4) is 0 Å². The van der Waals surface area contributed by atoms with Gasteiger partial charge in [0.2, 0.25) is 0 Å². The van der Waals surface area contributed by atoms with Crippen LogP contribution in [-0.4, -0.2) is 14.0 Å². The van der Waals surface area contributed by atoms with Crippen LogP contribution in [0.15, 0.2) is 53.4 Å². The van der Waals surface area contributed by atoms with Gasteiger partial charge in [-0.15, -0.1) is 0 Å². The lowest BCUT2D eigenvalue weighted by Gasteiger charge is -2.37. The van der Waals surface area contributed by atoms with Crippen molar-refractivity contribution in [1.29, 1.82) is 5.26 Å². The zero-order chi connectivity index (χ0) is 17.4. The number of anilines is 1. The van der Waals surface area contributed by atoms with Gasteiger partial charge < -0.3 is 0 Å². The smallest absolute Gasteiger partial charge is 0.259 e. The number of hydrogen-bond donors (Lipinski definition) is 0. The van der Waals surface area contributed by atoms with Crippen molar-refractivity contribution in [1.82, 2.24) is 0 Å². The maximum absolute atomic E-state index is 13.4. The first-order valence-corrected chi connectivity index (χ1v) is 9.45. The molecule has 0 aromatic heterocycles. The largest absolute Gasteiger partial charge is 0.264 e. The SMILES string of the molecule is CCC1(CC#N)Cc2ccccc2N1S(=O)(=O)c1ccc(C)cc1. The highest BCUT2D eigenvalue weighted by Crippen LogP contribution is 2.45. The van der Waals surface area contributed by atoms with Crippen LogP contribution in [0.5, 0.6) is 0 Å². The molecule has 24 heavy (non-hydrogen) atoms. The molecule has 0 fully saturated rings. The Kier molecular flexibility index (Phi) is 4.10. The van der Waals surface area contributed by atoms with Gasteiger partial charge in [0.1, 0.15) is 0 Å². The Hall–Kier alpha value is -2.32. The predicted octanol–water partition coefficient (Wildman–Crippen LogP) is 3.81. The van der Waals surface area contributed by atoms with Crippen LogP contribution in [0.2, 0.25) is 0 Å². The van der Waals surface area contributed by atoms with E-state index < -0.39 is 15.6 Å². The fourth-order valence-electron chi connectivity index (χ4n) is 3.42. The zero-order valence-electron chi connectivity index (χ0n) is 13.9. The van der Waals surface area contributed by atoms with E-state index in [1.165, 1.54) is 4.31 Å². The summed E-state index contributed by atoms with van der Waals surface area (Å²) in [6.07, 6.45) is 1.32. The highest BCUT2D eigenvalue weighted by molar-refractivity contribution is 7.93. The Bertz CT molecular complexity index is 898. The van der Waals surface area contributed by atoms with E-state index in [0.29, 0.717) is 18.5 Å². The van der Waals surface area contributed by atoms with Gasteiger partial charge in [0.25, 0.3) is 10.0 Å². The lowest BCUT2D eigenvalue weighted by atomic mass is 9.89. The minimum Gasteiger partial charge on any atom is -0.259 e. The molecular formula is C19H20N2O2S. The van der Waals surface area contributed by atoms with Crippen LogP contribution in [0, 0.1) is 18.3 Å². The van der Waals surface area contributed by atoms with Gasteiger partial charge in [-0.05, 0) is 43.5 Å². The summed E-state index contributed by atoms with van der Waals surface area (Å²) in [4.78, 5) is 0.264. The van der Waals surface area contributed by atoms with Gasteiger partial charge in [0, 0.05) is 0 Å². The number of aryl methyl sites for hydroxylation is 1. The molecule has 5 heteroatoms. The van der Waals surface area contributed by atoms with Gasteiger partial charge >= 0.3 is 0 Å². The molecule has 0 spiro atoms. The molecular weight excluding hydrogens is 320 g/mol. The number of rotatable bonds is 4. The number of nitrogens with zero attached hydrogens (tertiary/aromatic N) is 2. The number of benzene rings is 2. The third-order valence-electron chi connectivity index (χ3n) is 4.79. The molecule has 2 aromatic rings. The average molecular weight is 340 g/mol. The molecule has 0 saturated heterocycles. The van der Waals surface area contributed by atoms with Crippen molar-refractivity contribution >= 4 is 15.7 Å². The van der Waals surface area contributed by atoms with Crippen LogP contribution in [0.25, 0.3) is 0 Å². The van der Waals surface area contributed by atoms with E-state index >= 15 is 0 Å². The standard InChI is InChI=1S/C19H20N2O2S/c1-3-19(12-13-20)14-16-6-4-5-7-18(16)21(19)24(22,23)17-10-8-15(2)9-11-17/h4-11H,3,12,14H2,1-2H3. The van der Waals surface area contributed by atoms with E-state index in [4.69, 9.17) is 0 Å². The molecule has 0 amide bonds. The van der Waals surface area contributed by atoms with Crippen LogP contribution >= 0.6 is 0 Å². The minimum atomic E-state index is -3.73. The van der Waals surface area contributed by atoms with Crippen molar-refractivity contribution in [3.63, 3.8) is 0 Å². The van der Waals surface area contributed by atoms with Crippen molar-refractivity contribution in [3.8, 4) is 6.07 Å². The highest BCUT2D eigenvalue weighted by Gasteiger charge is 2.48. The Balaban J connectivity index is 2.21. The fourth-order valence-corrected chi connectivity index (χ4v) is 5.31. The molecule has 4 nitrogen and oxygen atoms in total. The quantitative estimate of drug-likeness (QED) is 0.850. The van der Waals surface area contributed by atoms with Crippen LogP contribution in [-0.2, 0) is 16.4 Å². The van der Waals surface area contributed by atoms with Gasteiger partial charge in [0.05, 0.1) is 28.6 Å². The van der Waals surface area contributed by atoms with Gasteiger partial charge in [0.15, 0.2) is 0 Å². The summed E-state index contributed by atoms with van der Waals surface area (Å²) in [6, 6.07) is 16.6. The lowest BCUT2D eigenvalue weighted by molar-refractivity contribution is 0.434. The van der Waals surface area contributed by atoms with Crippen LogP contribution in [0.1, 0.15) is 30.9 Å².